The molecule has 1 aliphatic heterocycles. The minimum absolute atomic E-state index is 0. The zero-order valence-corrected chi connectivity index (χ0v) is 15.3. The Bertz CT molecular complexity index is 683. The van der Waals surface area contributed by atoms with E-state index in [1.807, 2.05) is 36.4 Å². The summed E-state index contributed by atoms with van der Waals surface area (Å²) in [7, 11) is 2.15. The molecule has 1 aromatic carbocycles. The first-order chi connectivity index (χ1) is 10.8. The van der Waals surface area contributed by atoms with Crippen LogP contribution in [0.15, 0.2) is 48.8 Å². The van der Waals surface area contributed by atoms with E-state index >= 15 is 0 Å². The lowest BCUT2D eigenvalue weighted by Gasteiger charge is -2.19. The second-order valence-electron chi connectivity index (χ2n) is 5.61. The summed E-state index contributed by atoms with van der Waals surface area (Å²) in [5.74, 6) is 7.07. The van der Waals surface area contributed by atoms with Crippen molar-refractivity contribution in [3.63, 3.8) is 0 Å². The predicted octanol–water partition coefficient (Wildman–Crippen LogP) is 3.80. The summed E-state index contributed by atoms with van der Waals surface area (Å²) in [5.41, 5.74) is 1.88. The summed E-state index contributed by atoms with van der Waals surface area (Å²) in [5, 5.41) is 0. The predicted molar refractivity (Wildman–Crippen MR) is 102 cm³/mol. The molecule has 0 unspecified atom stereocenters. The smallest absolute Gasteiger partial charge is 0.138 e. The largest absolute Gasteiger partial charge is 0.490 e. The van der Waals surface area contributed by atoms with Gasteiger partial charge in [-0.15, -0.1) is 24.8 Å². The van der Waals surface area contributed by atoms with E-state index < -0.39 is 0 Å². The Morgan fingerprint density at radius 2 is 1.88 bits per heavy atom. The first-order valence-corrected chi connectivity index (χ1v) is 7.66. The van der Waals surface area contributed by atoms with Crippen LogP contribution >= 0.6 is 24.8 Å². The normalized spacial score (nSPS) is 16.3. The Morgan fingerprint density at radius 3 is 2.58 bits per heavy atom. The molecule has 1 atom stereocenters. The molecule has 0 N–H and O–H groups in total. The van der Waals surface area contributed by atoms with Crippen molar-refractivity contribution in [2.75, 3.05) is 20.2 Å². The van der Waals surface area contributed by atoms with E-state index in [0.29, 0.717) is 12.6 Å². The maximum Gasteiger partial charge on any atom is 0.138 e. The van der Waals surface area contributed by atoms with Crippen molar-refractivity contribution >= 4 is 24.8 Å². The van der Waals surface area contributed by atoms with Gasteiger partial charge in [0.15, 0.2) is 0 Å². The van der Waals surface area contributed by atoms with Gasteiger partial charge in [-0.25, -0.2) is 0 Å². The highest BCUT2D eigenvalue weighted by atomic mass is 35.5. The molecular formula is C19H22Cl2N2O. The molecule has 1 aliphatic rings. The number of hydrogen-bond donors (Lipinski definition) is 0. The van der Waals surface area contributed by atoms with E-state index in [-0.39, 0.29) is 24.8 Å². The van der Waals surface area contributed by atoms with E-state index in [9.17, 15) is 0 Å². The maximum atomic E-state index is 5.88. The molecule has 24 heavy (non-hydrogen) atoms. The second-order valence-corrected chi connectivity index (χ2v) is 5.61. The summed E-state index contributed by atoms with van der Waals surface area (Å²) < 4.78 is 5.88. The van der Waals surface area contributed by atoms with Crippen molar-refractivity contribution < 1.29 is 4.74 Å². The zero-order chi connectivity index (χ0) is 15.2. The van der Waals surface area contributed by atoms with E-state index in [1.54, 1.807) is 12.4 Å². The molecule has 3 nitrogen and oxygen atoms in total. The van der Waals surface area contributed by atoms with E-state index in [4.69, 9.17) is 4.74 Å². The fraction of sp³-hybridized carbons (Fsp3) is 0.316. The van der Waals surface area contributed by atoms with Gasteiger partial charge in [-0.1, -0.05) is 30.0 Å². The number of pyridine rings is 1. The molecule has 1 aromatic heterocycles. The van der Waals surface area contributed by atoms with Gasteiger partial charge < -0.3 is 9.64 Å². The minimum atomic E-state index is 0. The number of halogens is 2. The van der Waals surface area contributed by atoms with Crippen molar-refractivity contribution in [2.45, 2.75) is 18.9 Å². The van der Waals surface area contributed by atoms with Gasteiger partial charge in [-0.3, -0.25) is 4.98 Å². The average molecular weight is 365 g/mol. The molecule has 0 aliphatic carbocycles. The number of ether oxygens (including phenoxy) is 1. The first-order valence-electron chi connectivity index (χ1n) is 7.66. The lowest BCUT2D eigenvalue weighted by Crippen LogP contribution is -2.30. The fourth-order valence-electron chi connectivity index (χ4n) is 2.61. The van der Waals surface area contributed by atoms with Gasteiger partial charge in [0.25, 0.3) is 0 Å². The van der Waals surface area contributed by atoms with Crippen LogP contribution in [0.3, 0.4) is 0 Å². The lowest BCUT2D eigenvalue weighted by molar-refractivity contribution is 0.198. The van der Waals surface area contributed by atoms with Gasteiger partial charge in [-0.2, -0.15) is 0 Å². The minimum Gasteiger partial charge on any atom is -0.490 e. The summed E-state index contributed by atoms with van der Waals surface area (Å²) >= 11 is 0. The van der Waals surface area contributed by atoms with Gasteiger partial charge >= 0.3 is 0 Å². The topological polar surface area (TPSA) is 25.4 Å². The molecule has 0 radical (unpaired) electrons. The molecule has 0 saturated carbocycles. The third kappa shape index (κ3) is 5.72. The van der Waals surface area contributed by atoms with Crippen molar-refractivity contribution in [3.05, 3.63) is 59.9 Å². The Balaban J connectivity index is 0.00000144. The number of benzene rings is 1. The molecule has 5 heteroatoms. The fourth-order valence-corrected chi connectivity index (χ4v) is 2.61. The number of aromatic nitrogens is 1. The van der Waals surface area contributed by atoms with Crippen LogP contribution in [0, 0.1) is 11.8 Å². The summed E-state index contributed by atoms with van der Waals surface area (Å²) in [6.45, 7) is 1.88. The van der Waals surface area contributed by atoms with Gasteiger partial charge in [0, 0.05) is 23.4 Å². The number of nitrogens with zero attached hydrogens (tertiary/aromatic N) is 2. The SMILES string of the molecule is CN1CCC[C@H]1COc1cncc(C#Cc2ccccc2)c1.Cl.Cl. The summed E-state index contributed by atoms with van der Waals surface area (Å²) in [4.78, 5) is 6.57. The highest BCUT2D eigenvalue weighted by molar-refractivity contribution is 5.85. The lowest BCUT2D eigenvalue weighted by atomic mass is 10.2. The number of rotatable bonds is 3. The van der Waals surface area contributed by atoms with Crippen LogP contribution in [0.1, 0.15) is 24.0 Å². The Kier molecular flexibility index (Phi) is 8.63. The monoisotopic (exact) mass is 364 g/mol. The molecule has 1 fully saturated rings. The molecule has 0 amide bonds. The molecule has 128 valence electrons. The third-order valence-corrected chi connectivity index (χ3v) is 3.95. The zero-order valence-electron chi connectivity index (χ0n) is 13.6. The first kappa shape index (κ1) is 20.3. The molecule has 0 spiro atoms. The van der Waals surface area contributed by atoms with Gasteiger partial charge in [-0.05, 0) is 44.6 Å². The molecule has 3 rings (SSSR count). The van der Waals surface area contributed by atoms with Gasteiger partial charge in [0.05, 0.1) is 6.20 Å². The van der Waals surface area contributed by atoms with E-state index in [1.165, 1.54) is 12.8 Å². The van der Waals surface area contributed by atoms with Crippen LogP contribution in [-0.2, 0) is 0 Å². The van der Waals surface area contributed by atoms with Crippen molar-refractivity contribution in [1.82, 2.24) is 9.88 Å². The van der Waals surface area contributed by atoms with Gasteiger partial charge in [0.2, 0.25) is 0 Å². The number of hydrogen-bond acceptors (Lipinski definition) is 3. The van der Waals surface area contributed by atoms with Crippen LogP contribution in [0.4, 0.5) is 0 Å². The molecule has 2 heterocycles. The second kappa shape index (κ2) is 10.2. The summed E-state index contributed by atoms with van der Waals surface area (Å²) in [6, 6.07) is 12.4. The van der Waals surface area contributed by atoms with Crippen molar-refractivity contribution in [3.8, 4) is 17.6 Å². The quantitative estimate of drug-likeness (QED) is 0.774. The maximum absolute atomic E-state index is 5.88. The van der Waals surface area contributed by atoms with Crippen LogP contribution in [0.25, 0.3) is 0 Å². The Labute approximate surface area is 156 Å². The van der Waals surface area contributed by atoms with Gasteiger partial charge in [0.1, 0.15) is 12.4 Å². The van der Waals surface area contributed by atoms with Crippen molar-refractivity contribution in [2.24, 2.45) is 0 Å². The van der Waals surface area contributed by atoms with Crippen molar-refractivity contribution in [1.29, 1.82) is 0 Å². The van der Waals surface area contributed by atoms with E-state index in [2.05, 4.69) is 28.8 Å². The van der Waals surface area contributed by atoms with Crippen LogP contribution in [0.2, 0.25) is 0 Å². The molecule has 1 saturated heterocycles. The Hall–Kier alpha value is -1.73. The van der Waals surface area contributed by atoms with E-state index in [0.717, 1.165) is 23.4 Å². The molecule has 2 aromatic rings. The summed E-state index contributed by atoms with van der Waals surface area (Å²) in [6.07, 6.45) is 5.98. The molecule has 0 bridgehead atoms. The number of likely N-dealkylation sites (tertiary alicyclic amines) is 1. The molecular weight excluding hydrogens is 343 g/mol. The average Bonchev–Trinajstić information content (AvgIpc) is 2.98. The van der Waals surface area contributed by atoms with Crippen LogP contribution in [-0.4, -0.2) is 36.1 Å². The van der Waals surface area contributed by atoms with Crippen LogP contribution < -0.4 is 4.74 Å². The standard InChI is InChI=1S/C19H20N2O.2ClH/c1-21-11-5-8-18(21)15-22-19-12-17(13-20-14-19)10-9-16-6-3-2-4-7-16;;/h2-4,6-7,12-14,18H,5,8,11,15H2,1H3;2*1H/t18-;;/m0../s1. The third-order valence-electron chi connectivity index (χ3n) is 3.95. The number of likely N-dealkylation sites (N-methyl/N-ethyl adjacent to an activating group) is 1. The van der Waals surface area contributed by atoms with Crippen LogP contribution in [0.5, 0.6) is 5.75 Å². The highest BCUT2D eigenvalue weighted by Crippen LogP contribution is 2.17. The highest BCUT2D eigenvalue weighted by Gasteiger charge is 2.21. The Morgan fingerprint density at radius 1 is 1.12 bits per heavy atom.